The van der Waals surface area contributed by atoms with Crippen molar-refractivity contribution in [1.29, 1.82) is 0 Å². The summed E-state index contributed by atoms with van der Waals surface area (Å²) in [6.07, 6.45) is 1.74. The Morgan fingerprint density at radius 3 is 2.80 bits per heavy atom. The second kappa shape index (κ2) is 7.23. The van der Waals surface area contributed by atoms with E-state index in [1.54, 1.807) is 13.3 Å². The van der Waals surface area contributed by atoms with Crippen LogP contribution in [0, 0.1) is 13.8 Å². The van der Waals surface area contributed by atoms with Gasteiger partial charge in [-0.1, -0.05) is 0 Å². The van der Waals surface area contributed by atoms with E-state index in [2.05, 4.69) is 15.0 Å². The van der Waals surface area contributed by atoms with Crippen molar-refractivity contribution in [3.8, 4) is 11.5 Å². The molecule has 2 aromatic heterocycles. The van der Waals surface area contributed by atoms with Gasteiger partial charge < -0.3 is 14.5 Å². The SMILES string of the molecule is CCOc1ccc2nc(S(=O)Cc3ncc(C)c(OC)c3C)[nH]c2c1. The van der Waals surface area contributed by atoms with E-state index in [1.807, 2.05) is 39.0 Å². The summed E-state index contributed by atoms with van der Waals surface area (Å²) in [5.74, 6) is 1.82. The van der Waals surface area contributed by atoms with Crippen molar-refractivity contribution >= 4 is 21.8 Å². The van der Waals surface area contributed by atoms with Crippen LogP contribution >= 0.6 is 0 Å². The van der Waals surface area contributed by atoms with Gasteiger partial charge in [-0.3, -0.25) is 9.19 Å². The molecule has 0 aliphatic carbocycles. The van der Waals surface area contributed by atoms with Gasteiger partial charge in [0.25, 0.3) is 0 Å². The van der Waals surface area contributed by atoms with Crippen LogP contribution in [-0.2, 0) is 16.6 Å². The van der Waals surface area contributed by atoms with E-state index in [4.69, 9.17) is 9.47 Å². The molecule has 1 atom stereocenters. The number of hydrogen-bond acceptors (Lipinski definition) is 5. The predicted molar refractivity (Wildman–Crippen MR) is 97.6 cm³/mol. The maximum Gasteiger partial charge on any atom is 0.197 e. The monoisotopic (exact) mass is 359 g/mol. The van der Waals surface area contributed by atoms with Crippen molar-refractivity contribution in [3.63, 3.8) is 0 Å². The molecule has 3 aromatic rings. The van der Waals surface area contributed by atoms with Crippen LogP contribution in [0.4, 0.5) is 0 Å². The number of hydrogen-bond donors (Lipinski definition) is 1. The number of methoxy groups -OCH3 is 1. The molecule has 0 spiro atoms. The van der Waals surface area contributed by atoms with Crippen LogP contribution in [0.25, 0.3) is 11.0 Å². The summed E-state index contributed by atoms with van der Waals surface area (Å²) in [5, 5.41) is 0.435. The first kappa shape index (κ1) is 17.4. The average Bonchev–Trinajstić information content (AvgIpc) is 3.01. The Morgan fingerprint density at radius 1 is 1.28 bits per heavy atom. The lowest BCUT2D eigenvalue weighted by atomic mass is 10.1. The van der Waals surface area contributed by atoms with Crippen molar-refractivity contribution in [2.45, 2.75) is 31.7 Å². The van der Waals surface area contributed by atoms with E-state index in [-0.39, 0.29) is 5.75 Å². The van der Waals surface area contributed by atoms with Crippen LogP contribution in [0.2, 0.25) is 0 Å². The third-order valence-corrected chi connectivity index (χ3v) is 5.14. The number of H-pyrrole nitrogens is 1. The van der Waals surface area contributed by atoms with Gasteiger partial charge in [-0.05, 0) is 32.9 Å². The fraction of sp³-hybridized carbons (Fsp3) is 0.333. The van der Waals surface area contributed by atoms with Crippen molar-refractivity contribution in [3.05, 3.63) is 41.2 Å². The van der Waals surface area contributed by atoms with E-state index in [9.17, 15) is 4.21 Å². The van der Waals surface area contributed by atoms with Crippen LogP contribution in [0.5, 0.6) is 11.5 Å². The number of imidazole rings is 1. The zero-order chi connectivity index (χ0) is 18.0. The van der Waals surface area contributed by atoms with Gasteiger partial charge >= 0.3 is 0 Å². The van der Waals surface area contributed by atoms with Gasteiger partial charge in [0, 0.05) is 23.4 Å². The summed E-state index contributed by atoms with van der Waals surface area (Å²) in [6.45, 7) is 6.40. The Kier molecular flexibility index (Phi) is 5.03. The Bertz CT molecular complexity index is 937. The zero-order valence-electron chi connectivity index (χ0n) is 14.8. The molecule has 3 rings (SSSR count). The number of aryl methyl sites for hydroxylation is 1. The summed E-state index contributed by atoms with van der Waals surface area (Å²) >= 11 is 0. The van der Waals surface area contributed by atoms with Gasteiger partial charge in [-0.15, -0.1) is 0 Å². The number of ether oxygens (including phenoxy) is 2. The number of benzene rings is 1. The molecule has 0 aliphatic heterocycles. The lowest BCUT2D eigenvalue weighted by Gasteiger charge is -2.11. The summed E-state index contributed by atoms with van der Waals surface area (Å²) in [6, 6.07) is 5.58. The average molecular weight is 359 g/mol. The smallest absolute Gasteiger partial charge is 0.197 e. The Morgan fingerprint density at radius 2 is 2.08 bits per heavy atom. The van der Waals surface area contributed by atoms with Crippen LogP contribution in [0.15, 0.2) is 29.6 Å². The summed E-state index contributed by atoms with van der Waals surface area (Å²) < 4.78 is 23.6. The standard InChI is InChI=1S/C18H21N3O3S/c1-5-24-13-6-7-14-15(8-13)21-18(20-14)25(22)10-16-12(3)17(23-4)11(2)9-19-16/h6-9H,5,10H2,1-4H3,(H,20,21). The van der Waals surface area contributed by atoms with Crippen molar-refractivity contribution in [2.24, 2.45) is 0 Å². The Hall–Kier alpha value is -2.41. The van der Waals surface area contributed by atoms with Gasteiger partial charge in [-0.2, -0.15) is 0 Å². The minimum absolute atomic E-state index is 0.278. The molecule has 0 aliphatic rings. The van der Waals surface area contributed by atoms with E-state index >= 15 is 0 Å². The van der Waals surface area contributed by atoms with E-state index in [0.29, 0.717) is 11.8 Å². The third-order valence-electron chi connectivity index (χ3n) is 3.98. The van der Waals surface area contributed by atoms with Crippen LogP contribution in [0.3, 0.4) is 0 Å². The number of aromatic nitrogens is 3. The summed E-state index contributed by atoms with van der Waals surface area (Å²) in [4.78, 5) is 12.0. The molecule has 0 amide bonds. The van der Waals surface area contributed by atoms with Crippen LogP contribution in [0.1, 0.15) is 23.7 Å². The zero-order valence-corrected chi connectivity index (χ0v) is 15.6. The molecule has 7 heteroatoms. The number of fused-ring (bicyclic) bond motifs is 1. The quantitative estimate of drug-likeness (QED) is 0.731. The molecule has 1 N–H and O–H groups in total. The number of aromatic amines is 1. The minimum Gasteiger partial charge on any atom is -0.496 e. The third kappa shape index (κ3) is 3.51. The lowest BCUT2D eigenvalue weighted by Crippen LogP contribution is -2.05. The van der Waals surface area contributed by atoms with Crippen LogP contribution in [-0.4, -0.2) is 32.9 Å². The van der Waals surface area contributed by atoms with Crippen molar-refractivity contribution in [1.82, 2.24) is 15.0 Å². The highest BCUT2D eigenvalue weighted by Gasteiger charge is 2.16. The normalized spacial score (nSPS) is 12.3. The van der Waals surface area contributed by atoms with Crippen LogP contribution < -0.4 is 9.47 Å². The number of rotatable bonds is 6. The van der Waals surface area contributed by atoms with Gasteiger partial charge in [0.2, 0.25) is 0 Å². The topological polar surface area (TPSA) is 77.1 Å². The summed E-state index contributed by atoms with van der Waals surface area (Å²) in [5.41, 5.74) is 4.18. The van der Waals surface area contributed by atoms with Crippen molar-refractivity contribution in [2.75, 3.05) is 13.7 Å². The molecular formula is C18H21N3O3S. The molecule has 2 heterocycles. The highest BCUT2D eigenvalue weighted by Crippen LogP contribution is 2.26. The molecular weight excluding hydrogens is 338 g/mol. The number of nitrogens with one attached hydrogen (secondary N) is 1. The molecule has 0 fully saturated rings. The second-order valence-electron chi connectivity index (χ2n) is 5.69. The molecule has 25 heavy (non-hydrogen) atoms. The molecule has 132 valence electrons. The molecule has 0 saturated carbocycles. The molecule has 1 unspecified atom stereocenters. The predicted octanol–water partition coefficient (Wildman–Crippen LogP) is 3.29. The van der Waals surface area contributed by atoms with E-state index in [0.717, 1.165) is 39.4 Å². The number of pyridine rings is 1. The fourth-order valence-electron chi connectivity index (χ4n) is 2.74. The Balaban J connectivity index is 1.87. The minimum atomic E-state index is -1.33. The largest absolute Gasteiger partial charge is 0.496 e. The van der Waals surface area contributed by atoms with Crippen molar-refractivity contribution < 1.29 is 13.7 Å². The van der Waals surface area contributed by atoms with Gasteiger partial charge in [0.1, 0.15) is 11.5 Å². The lowest BCUT2D eigenvalue weighted by molar-refractivity contribution is 0.340. The first-order valence-electron chi connectivity index (χ1n) is 8.03. The van der Waals surface area contributed by atoms with E-state index in [1.165, 1.54) is 0 Å². The first-order chi connectivity index (χ1) is 12.0. The first-order valence-corrected chi connectivity index (χ1v) is 9.35. The Labute approximate surface area is 149 Å². The highest BCUT2D eigenvalue weighted by molar-refractivity contribution is 7.84. The maximum atomic E-state index is 12.7. The second-order valence-corrected chi connectivity index (χ2v) is 7.06. The van der Waals surface area contributed by atoms with E-state index < -0.39 is 10.8 Å². The highest BCUT2D eigenvalue weighted by atomic mass is 32.2. The number of nitrogens with zero attached hydrogens (tertiary/aromatic N) is 2. The molecule has 6 nitrogen and oxygen atoms in total. The maximum absolute atomic E-state index is 12.7. The van der Waals surface area contributed by atoms with Gasteiger partial charge in [0.05, 0.1) is 47.0 Å². The molecule has 0 radical (unpaired) electrons. The molecule has 1 aromatic carbocycles. The molecule has 0 bridgehead atoms. The van der Waals surface area contributed by atoms with Gasteiger partial charge in [0.15, 0.2) is 5.16 Å². The summed E-state index contributed by atoms with van der Waals surface area (Å²) in [7, 11) is 0.300. The molecule has 0 saturated heterocycles. The van der Waals surface area contributed by atoms with Gasteiger partial charge in [-0.25, -0.2) is 4.98 Å². The fourth-order valence-corrected chi connectivity index (χ4v) is 3.84.